The molecule has 0 radical (unpaired) electrons. The summed E-state index contributed by atoms with van der Waals surface area (Å²) in [6.07, 6.45) is -0.767. The minimum atomic E-state index is -2.50. The molecule has 2 rings (SSSR count). The Labute approximate surface area is 159 Å². The van der Waals surface area contributed by atoms with Crippen LogP contribution in [0.1, 0.15) is 20.8 Å². The summed E-state index contributed by atoms with van der Waals surface area (Å²) in [7, 11) is 0. The first-order chi connectivity index (χ1) is 12.1. The number of ether oxygens (including phenoxy) is 1. The van der Waals surface area contributed by atoms with Gasteiger partial charge in [0.05, 0.1) is 0 Å². The number of hydrogen-bond acceptors (Lipinski definition) is 4. The molecule has 0 spiro atoms. The van der Waals surface area contributed by atoms with Gasteiger partial charge >= 0.3 is 145 Å². The molecule has 0 N–H and O–H groups in total. The smallest absolute Gasteiger partial charge is 0.0410 e. The van der Waals surface area contributed by atoms with Gasteiger partial charge in [0.15, 0.2) is 0 Å². The van der Waals surface area contributed by atoms with Crippen LogP contribution >= 0.6 is 0 Å². The Bertz CT molecular complexity index is 676. The third-order valence-electron chi connectivity index (χ3n) is 4.13. The second-order valence-corrected chi connectivity index (χ2v) is 22.2. The van der Waals surface area contributed by atoms with Gasteiger partial charge in [0.2, 0.25) is 0 Å². The van der Waals surface area contributed by atoms with Crippen molar-refractivity contribution in [3.05, 3.63) is 24.0 Å². The molecule has 0 bridgehead atoms. The molecule has 1 saturated heterocycles. The number of hydrogen-bond donors (Lipinski definition) is 0. The molecule has 144 valence electrons. The first-order valence-electron chi connectivity index (χ1n) is 9.05. The predicted molar refractivity (Wildman–Crippen MR) is 104 cm³/mol. The molecule has 0 aliphatic carbocycles. The Hall–Kier alpha value is -1.38. The fraction of sp³-hybridized carbons (Fsp3) is 0.611. The van der Waals surface area contributed by atoms with Gasteiger partial charge < -0.3 is 0 Å². The van der Waals surface area contributed by atoms with E-state index in [9.17, 15) is 9.18 Å². The van der Waals surface area contributed by atoms with Crippen LogP contribution in [0, 0.1) is 5.82 Å². The van der Waals surface area contributed by atoms with Gasteiger partial charge in [-0.05, 0) is 13.8 Å². The van der Waals surface area contributed by atoms with Crippen molar-refractivity contribution in [3.8, 4) is 0 Å². The van der Waals surface area contributed by atoms with Gasteiger partial charge in [-0.3, -0.25) is 0 Å². The third kappa shape index (κ3) is 5.31. The second-order valence-electron chi connectivity index (χ2n) is 7.83. The van der Waals surface area contributed by atoms with E-state index in [4.69, 9.17) is 4.74 Å². The Kier molecular flexibility index (Phi) is 6.87. The van der Waals surface area contributed by atoms with Crippen molar-refractivity contribution in [1.82, 2.24) is 5.01 Å². The number of nitrogens with zero attached hydrogens (tertiary/aromatic N) is 4. The zero-order valence-corrected chi connectivity index (χ0v) is 19.3. The predicted octanol–water partition coefficient (Wildman–Crippen LogP) is 3.79. The van der Waals surface area contributed by atoms with Crippen molar-refractivity contribution >= 4 is 33.7 Å². The Morgan fingerprint density at radius 3 is 2.62 bits per heavy atom. The summed E-state index contributed by atoms with van der Waals surface area (Å²) < 4.78 is 20.8. The quantitative estimate of drug-likeness (QED) is 0.346. The summed E-state index contributed by atoms with van der Waals surface area (Å²) in [5.41, 5.74) is 0.543. The monoisotopic (exact) mass is 472 g/mol. The minimum absolute atomic E-state index is 0.112. The number of amides is 1. The molecule has 8 heteroatoms. The SMILES string of the molecule is CCN(CC1CN(c2cc[c]([Sn]([CH3])([CH3])[CH3])c(F)c2)C(=O)O1)N=NC(C)C. The number of halogens is 1. The van der Waals surface area contributed by atoms with Gasteiger partial charge in [0.1, 0.15) is 0 Å². The van der Waals surface area contributed by atoms with E-state index in [1.165, 1.54) is 11.0 Å². The molecule has 1 aromatic carbocycles. The van der Waals surface area contributed by atoms with E-state index in [2.05, 4.69) is 25.2 Å². The van der Waals surface area contributed by atoms with Crippen LogP contribution in [0.25, 0.3) is 0 Å². The van der Waals surface area contributed by atoms with Crippen molar-refractivity contribution < 1.29 is 13.9 Å². The zero-order valence-electron chi connectivity index (χ0n) is 16.5. The van der Waals surface area contributed by atoms with E-state index in [-0.39, 0.29) is 18.0 Å². The van der Waals surface area contributed by atoms with Gasteiger partial charge in [0, 0.05) is 0 Å². The Morgan fingerprint density at radius 1 is 1.38 bits per heavy atom. The molecule has 1 unspecified atom stereocenters. The molecule has 26 heavy (non-hydrogen) atoms. The number of cyclic esters (lactones) is 1. The van der Waals surface area contributed by atoms with Crippen LogP contribution in [0.4, 0.5) is 14.9 Å². The van der Waals surface area contributed by atoms with E-state index in [1.54, 1.807) is 5.01 Å². The van der Waals surface area contributed by atoms with Gasteiger partial charge in [-0.25, -0.2) is 0 Å². The fourth-order valence-electron chi connectivity index (χ4n) is 2.75. The number of rotatable bonds is 7. The standard InChI is InChI=1S/C15H20FN4O2.3CH3.Sn/c1-4-19(18-17-11(2)3)9-14-10-20(15(21)22-14)13-7-5-6-12(16)8-13;;;;/h5,7-8,11,14H,4,9-10H2,1-3H3;3*1H3;. The first-order valence-corrected chi connectivity index (χ1v) is 19.0. The molecule has 1 amide bonds. The van der Waals surface area contributed by atoms with Gasteiger partial charge in [-0.1, -0.05) is 0 Å². The molecular weight excluding hydrogens is 442 g/mol. The molecular formula is C18H29FN4O2Sn. The van der Waals surface area contributed by atoms with E-state index >= 15 is 0 Å². The number of benzene rings is 1. The molecule has 0 saturated carbocycles. The topological polar surface area (TPSA) is 57.5 Å². The van der Waals surface area contributed by atoms with Crippen molar-refractivity contribution in [2.45, 2.75) is 47.7 Å². The van der Waals surface area contributed by atoms with Crippen LogP contribution in [-0.4, -0.2) is 61.3 Å². The minimum Gasteiger partial charge on any atom is -0.0410 e. The summed E-state index contributed by atoms with van der Waals surface area (Å²) >= 11 is -2.50. The maximum atomic E-state index is 14.5. The molecule has 1 fully saturated rings. The van der Waals surface area contributed by atoms with E-state index in [1.807, 2.05) is 32.9 Å². The summed E-state index contributed by atoms with van der Waals surface area (Å²) in [4.78, 5) is 20.2. The average Bonchev–Trinajstić information content (AvgIpc) is 2.90. The molecule has 1 aromatic rings. The van der Waals surface area contributed by atoms with Crippen LogP contribution in [0.15, 0.2) is 28.5 Å². The number of carbonyl (C=O) groups excluding carboxylic acids is 1. The van der Waals surface area contributed by atoms with Crippen molar-refractivity contribution in [2.24, 2.45) is 10.3 Å². The Balaban J connectivity index is 2.09. The molecule has 1 atom stereocenters. The van der Waals surface area contributed by atoms with Crippen LogP contribution < -0.4 is 8.48 Å². The Morgan fingerprint density at radius 2 is 2.08 bits per heavy atom. The van der Waals surface area contributed by atoms with Crippen LogP contribution in [0.5, 0.6) is 0 Å². The van der Waals surface area contributed by atoms with E-state index in [0.717, 1.165) is 3.58 Å². The molecule has 1 heterocycles. The molecule has 6 nitrogen and oxygen atoms in total. The summed E-state index contributed by atoms with van der Waals surface area (Å²) in [6, 6.07) is 5.22. The first kappa shape index (κ1) is 20.9. The number of anilines is 1. The van der Waals surface area contributed by atoms with E-state index in [0.29, 0.717) is 25.3 Å². The maximum absolute atomic E-state index is 14.5. The van der Waals surface area contributed by atoms with Crippen molar-refractivity contribution in [2.75, 3.05) is 24.5 Å². The normalized spacial score (nSPS) is 18.1. The number of likely N-dealkylation sites (N-methyl/N-ethyl adjacent to an activating group) is 1. The van der Waals surface area contributed by atoms with Crippen molar-refractivity contribution in [3.63, 3.8) is 0 Å². The van der Waals surface area contributed by atoms with Crippen LogP contribution in [0.2, 0.25) is 14.8 Å². The summed E-state index contributed by atoms with van der Waals surface area (Å²) in [6.45, 7) is 7.40. The van der Waals surface area contributed by atoms with Crippen molar-refractivity contribution in [1.29, 1.82) is 0 Å². The van der Waals surface area contributed by atoms with Crippen LogP contribution in [-0.2, 0) is 4.74 Å². The number of carbonyl (C=O) groups is 1. The van der Waals surface area contributed by atoms with E-state index < -0.39 is 24.5 Å². The summed E-state index contributed by atoms with van der Waals surface area (Å²) in [5.74, 6) is -0.219. The zero-order chi connectivity index (χ0) is 19.5. The summed E-state index contributed by atoms with van der Waals surface area (Å²) in [5, 5.41) is 10.1. The van der Waals surface area contributed by atoms with Crippen LogP contribution in [0.3, 0.4) is 0 Å². The van der Waals surface area contributed by atoms with Gasteiger partial charge in [0.25, 0.3) is 0 Å². The fourth-order valence-corrected chi connectivity index (χ4v) is 6.66. The second kappa shape index (κ2) is 8.54. The average molecular weight is 471 g/mol. The molecule has 1 aliphatic rings. The van der Waals surface area contributed by atoms with Gasteiger partial charge in [-0.15, -0.1) is 0 Å². The molecule has 0 aromatic heterocycles. The third-order valence-corrected chi connectivity index (χ3v) is 9.90. The molecule has 1 aliphatic heterocycles. The van der Waals surface area contributed by atoms with Gasteiger partial charge in [-0.2, -0.15) is 0 Å².